The van der Waals surface area contributed by atoms with E-state index in [9.17, 15) is 4.79 Å². The van der Waals surface area contributed by atoms with Gasteiger partial charge in [-0.1, -0.05) is 66.4 Å². The summed E-state index contributed by atoms with van der Waals surface area (Å²) in [5.41, 5.74) is 3.93. The van der Waals surface area contributed by atoms with Crippen LogP contribution in [0.1, 0.15) is 31.0 Å². The number of anilines is 2. The minimum Gasteiger partial charge on any atom is -0.497 e. The predicted octanol–water partition coefficient (Wildman–Crippen LogP) is 5.91. The SMILES string of the molecule is CCOc1ccccc1NC(=O)C1=C(C)Nc2nc(SCc3ccccc3)nn2C1c1ccc(OC)cc1. The first-order chi connectivity index (χ1) is 18.6. The van der Waals surface area contributed by atoms with Crippen molar-refractivity contribution in [2.75, 3.05) is 24.4 Å². The summed E-state index contributed by atoms with van der Waals surface area (Å²) in [6.45, 7) is 4.29. The lowest BCUT2D eigenvalue weighted by atomic mass is 9.95. The van der Waals surface area contributed by atoms with Gasteiger partial charge in [0.15, 0.2) is 0 Å². The summed E-state index contributed by atoms with van der Waals surface area (Å²) in [7, 11) is 1.63. The number of ether oxygens (including phenoxy) is 2. The molecule has 0 fully saturated rings. The fourth-order valence-corrected chi connectivity index (χ4v) is 5.13. The zero-order valence-corrected chi connectivity index (χ0v) is 22.3. The Hall–Kier alpha value is -4.24. The summed E-state index contributed by atoms with van der Waals surface area (Å²) in [6, 6.07) is 24.8. The Kier molecular flexibility index (Phi) is 7.65. The van der Waals surface area contributed by atoms with Gasteiger partial charge >= 0.3 is 0 Å². The molecule has 1 atom stereocenters. The lowest BCUT2D eigenvalue weighted by Gasteiger charge is -2.29. The Morgan fingerprint density at radius 2 is 1.79 bits per heavy atom. The third-order valence-electron chi connectivity index (χ3n) is 6.16. The normalized spacial score (nSPS) is 14.4. The third kappa shape index (κ3) is 5.38. The van der Waals surface area contributed by atoms with Gasteiger partial charge in [-0.15, -0.1) is 5.10 Å². The number of hydrogen-bond acceptors (Lipinski definition) is 7. The van der Waals surface area contributed by atoms with E-state index in [0.717, 1.165) is 17.1 Å². The summed E-state index contributed by atoms with van der Waals surface area (Å²) < 4.78 is 12.9. The zero-order valence-electron chi connectivity index (χ0n) is 21.5. The Bertz CT molecular complexity index is 1450. The Balaban J connectivity index is 1.49. The smallest absolute Gasteiger partial charge is 0.255 e. The van der Waals surface area contributed by atoms with Gasteiger partial charge in [0, 0.05) is 11.4 Å². The summed E-state index contributed by atoms with van der Waals surface area (Å²) in [4.78, 5) is 18.5. The number of carbonyl (C=O) groups is 1. The van der Waals surface area contributed by atoms with Crippen molar-refractivity contribution < 1.29 is 14.3 Å². The second-order valence-corrected chi connectivity index (χ2v) is 9.60. The number of thioether (sulfide) groups is 1. The molecule has 4 aromatic rings. The van der Waals surface area contributed by atoms with Crippen LogP contribution in [0.4, 0.5) is 11.6 Å². The standard InChI is InChI=1S/C29H29N5O3S/c1-4-37-24-13-9-8-12-23(24)31-27(35)25-19(2)30-28-32-29(38-18-20-10-6-5-7-11-20)33-34(28)26(25)21-14-16-22(36-3)17-15-21/h5-17,26H,4,18H2,1-3H3,(H,31,35)(H,30,32,33). The van der Waals surface area contributed by atoms with Crippen LogP contribution in [0.5, 0.6) is 11.5 Å². The molecule has 1 amide bonds. The quantitative estimate of drug-likeness (QED) is 0.262. The van der Waals surface area contributed by atoms with Crippen LogP contribution in [-0.2, 0) is 10.5 Å². The number of rotatable bonds is 9. The number of nitrogens with one attached hydrogen (secondary N) is 2. The third-order valence-corrected chi connectivity index (χ3v) is 7.06. The molecule has 2 heterocycles. The van der Waals surface area contributed by atoms with E-state index in [0.29, 0.717) is 40.4 Å². The molecule has 38 heavy (non-hydrogen) atoms. The Morgan fingerprint density at radius 1 is 1.05 bits per heavy atom. The van der Waals surface area contributed by atoms with Crippen molar-refractivity contribution in [1.82, 2.24) is 14.8 Å². The Morgan fingerprint density at radius 3 is 2.53 bits per heavy atom. The van der Waals surface area contributed by atoms with Gasteiger partial charge in [-0.3, -0.25) is 4.79 Å². The highest BCUT2D eigenvalue weighted by Gasteiger charge is 2.34. The minimum atomic E-state index is -0.491. The number of para-hydroxylation sites is 2. The van der Waals surface area contributed by atoms with Crippen molar-refractivity contribution in [3.63, 3.8) is 0 Å². The second kappa shape index (κ2) is 11.4. The molecule has 9 heteroatoms. The molecule has 2 N–H and O–H groups in total. The lowest BCUT2D eigenvalue weighted by Crippen LogP contribution is -2.31. The molecule has 8 nitrogen and oxygen atoms in total. The van der Waals surface area contributed by atoms with E-state index in [1.54, 1.807) is 23.6 Å². The number of carbonyl (C=O) groups excluding carboxylic acids is 1. The maximum Gasteiger partial charge on any atom is 0.255 e. The van der Waals surface area contributed by atoms with E-state index in [4.69, 9.17) is 19.6 Å². The summed E-state index contributed by atoms with van der Waals surface area (Å²) >= 11 is 1.55. The zero-order chi connectivity index (χ0) is 26.5. The van der Waals surface area contributed by atoms with Gasteiger partial charge in [0.05, 0.1) is 25.0 Å². The molecule has 5 rings (SSSR count). The van der Waals surface area contributed by atoms with Crippen molar-refractivity contribution >= 4 is 29.3 Å². The van der Waals surface area contributed by atoms with Crippen LogP contribution >= 0.6 is 11.8 Å². The monoisotopic (exact) mass is 527 g/mol. The van der Waals surface area contributed by atoms with Crippen LogP contribution in [0.25, 0.3) is 0 Å². The van der Waals surface area contributed by atoms with Crippen molar-refractivity contribution in [3.8, 4) is 11.5 Å². The molecule has 0 saturated heterocycles. The van der Waals surface area contributed by atoms with E-state index in [-0.39, 0.29) is 5.91 Å². The highest BCUT2D eigenvalue weighted by atomic mass is 32.2. The average molecular weight is 528 g/mol. The maximum atomic E-state index is 13.8. The van der Waals surface area contributed by atoms with Crippen molar-refractivity contribution in [2.45, 2.75) is 30.8 Å². The molecule has 3 aromatic carbocycles. The van der Waals surface area contributed by atoms with Crippen molar-refractivity contribution in [2.24, 2.45) is 0 Å². The number of hydrogen-bond donors (Lipinski definition) is 2. The summed E-state index contributed by atoms with van der Waals surface area (Å²) in [6.07, 6.45) is 0. The number of allylic oxidation sites excluding steroid dienone is 1. The number of benzene rings is 3. The van der Waals surface area contributed by atoms with Gasteiger partial charge in [0.2, 0.25) is 11.1 Å². The van der Waals surface area contributed by atoms with Gasteiger partial charge in [-0.25, -0.2) is 4.68 Å². The molecule has 1 aromatic heterocycles. The molecule has 0 spiro atoms. The first-order valence-electron chi connectivity index (χ1n) is 12.4. The molecule has 0 aliphatic carbocycles. The highest BCUT2D eigenvalue weighted by molar-refractivity contribution is 7.98. The van der Waals surface area contributed by atoms with Crippen LogP contribution in [0.2, 0.25) is 0 Å². The van der Waals surface area contributed by atoms with Crippen LogP contribution in [0, 0.1) is 0 Å². The van der Waals surface area contributed by atoms with Crippen LogP contribution in [0.15, 0.2) is 95.3 Å². The topological polar surface area (TPSA) is 90.3 Å². The first kappa shape index (κ1) is 25.4. The fourth-order valence-electron chi connectivity index (χ4n) is 4.34. The molecule has 0 radical (unpaired) electrons. The van der Waals surface area contributed by atoms with Crippen LogP contribution in [0.3, 0.4) is 0 Å². The first-order valence-corrected chi connectivity index (χ1v) is 13.3. The van der Waals surface area contributed by atoms with E-state index >= 15 is 0 Å². The number of fused-ring (bicyclic) bond motifs is 1. The number of amides is 1. The molecule has 0 saturated carbocycles. The van der Waals surface area contributed by atoms with E-state index in [1.807, 2.05) is 80.6 Å². The van der Waals surface area contributed by atoms with Crippen LogP contribution < -0.4 is 20.1 Å². The van der Waals surface area contributed by atoms with Crippen molar-refractivity contribution in [3.05, 3.63) is 101 Å². The van der Waals surface area contributed by atoms with Gasteiger partial charge in [-0.2, -0.15) is 4.98 Å². The lowest BCUT2D eigenvalue weighted by molar-refractivity contribution is -0.113. The van der Waals surface area contributed by atoms with Gasteiger partial charge < -0.3 is 20.1 Å². The van der Waals surface area contributed by atoms with Gasteiger partial charge in [-0.05, 0) is 49.2 Å². The Labute approximate surface area is 226 Å². The second-order valence-electron chi connectivity index (χ2n) is 8.66. The molecule has 1 unspecified atom stereocenters. The van der Waals surface area contributed by atoms with Crippen LogP contribution in [-0.4, -0.2) is 34.4 Å². The summed E-state index contributed by atoms with van der Waals surface area (Å²) in [5, 5.41) is 11.8. The number of aromatic nitrogens is 3. The van der Waals surface area contributed by atoms with E-state index < -0.39 is 6.04 Å². The summed E-state index contributed by atoms with van der Waals surface area (Å²) in [5.74, 6) is 2.43. The minimum absolute atomic E-state index is 0.248. The highest BCUT2D eigenvalue weighted by Crippen LogP contribution is 2.38. The number of methoxy groups -OCH3 is 1. The molecule has 1 aliphatic heterocycles. The fraction of sp³-hybridized carbons (Fsp3) is 0.207. The molecule has 0 bridgehead atoms. The van der Waals surface area contributed by atoms with E-state index in [1.165, 1.54) is 5.56 Å². The average Bonchev–Trinajstić information content (AvgIpc) is 3.35. The van der Waals surface area contributed by atoms with E-state index in [2.05, 4.69) is 22.8 Å². The van der Waals surface area contributed by atoms with Gasteiger partial charge in [0.1, 0.15) is 17.5 Å². The predicted molar refractivity (Wildman–Crippen MR) is 150 cm³/mol. The van der Waals surface area contributed by atoms with Crippen molar-refractivity contribution in [1.29, 1.82) is 0 Å². The molecular weight excluding hydrogens is 498 g/mol. The molecule has 194 valence electrons. The number of nitrogens with zero attached hydrogens (tertiary/aromatic N) is 3. The molecule has 1 aliphatic rings. The molecular formula is C29H29N5O3S. The largest absolute Gasteiger partial charge is 0.497 e. The van der Waals surface area contributed by atoms with Gasteiger partial charge in [0.25, 0.3) is 5.91 Å². The maximum absolute atomic E-state index is 13.8.